The highest BCUT2D eigenvalue weighted by Gasteiger charge is 2.18. The first-order valence-corrected chi connectivity index (χ1v) is 7.41. The van der Waals surface area contributed by atoms with E-state index in [1.165, 1.54) is 18.4 Å². The molecule has 0 fully saturated rings. The fourth-order valence-electron chi connectivity index (χ4n) is 1.48. The second kappa shape index (κ2) is 6.58. The Kier molecular flexibility index (Phi) is 5.38. The van der Waals surface area contributed by atoms with E-state index in [4.69, 9.17) is 4.74 Å². The molecule has 1 aromatic carbocycles. The van der Waals surface area contributed by atoms with Crippen LogP contribution in [0.2, 0.25) is 0 Å². The minimum atomic E-state index is -3.44. The number of sulfonamides is 1. The minimum Gasteiger partial charge on any atom is -0.492 e. The molecule has 6 heteroatoms. The van der Waals surface area contributed by atoms with Crippen LogP contribution in [-0.2, 0) is 10.0 Å². The molecule has 0 radical (unpaired) electrons. The molecule has 0 heterocycles. The molecule has 0 aromatic heterocycles. The summed E-state index contributed by atoms with van der Waals surface area (Å²) in [6.45, 7) is 6.55. The van der Waals surface area contributed by atoms with E-state index in [-0.39, 0.29) is 4.90 Å². The largest absolute Gasteiger partial charge is 0.492 e. The lowest BCUT2D eigenvalue weighted by molar-refractivity contribution is 0.341. The number of hydrogen-bond acceptors (Lipinski definition) is 4. The van der Waals surface area contributed by atoms with Crippen LogP contribution >= 0.6 is 0 Å². The van der Waals surface area contributed by atoms with Crippen molar-refractivity contribution in [1.82, 2.24) is 4.31 Å². The zero-order chi connectivity index (χ0) is 14.5. The normalized spacial score (nSPS) is 11.4. The van der Waals surface area contributed by atoms with Gasteiger partial charge in [0.15, 0.2) is 0 Å². The van der Waals surface area contributed by atoms with Crippen molar-refractivity contribution in [3.8, 4) is 5.75 Å². The van der Waals surface area contributed by atoms with Crippen LogP contribution in [0.5, 0.6) is 5.75 Å². The van der Waals surface area contributed by atoms with Crippen LogP contribution < -0.4 is 10.1 Å². The highest BCUT2D eigenvalue weighted by atomic mass is 32.2. The van der Waals surface area contributed by atoms with Crippen LogP contribution in [0, 0.1) is 0 Å². The third kappa shape index (κ3) is 3.71. The van der Waals surface area contributed by atoms with E-state index in [1.54, 1.807) is 24.3 Å². The van der Waals surface area contributed by atoms with Gasteiger partial charge in [-0.25, -0.2) is 12.7 Å². The number of nitrogens with zero attached hydrogens (tertiary/aromatic N) is 1. The molecule has 0 amide bonds. The Bertz CT molecular complexity index is 539. The molecule has 1 N–H and O–H groups in total. The molecule has 0 bridgehead atoms. The maximum Gasteiger partial charge on any atom is 0.242 e. The summed E-state index contributed by atoms with van der Waals surface area (Å²) in [5.74, 6) is 0.627. The van der Waals surface area contributed by atoms with E-state index >= 15 is 0 Å². The van der Waals surface area contributed by atoms with Crippen LogP contribution in [0.15, 0.2) is 35.7 Å². The lowest BCUT2D eigenvalue weighted by Gasteiger charge is -2.15. The third-order valence-electron chi connectivity index (χ3n) is 2.47. The van der Waals surface area contributed by atoms with Gasteiger partial charge >= 0.3 is 0 Å². The molecule has 0 saturated heterocycles. The summed E-state index contributed by atoms with van der Waals surface area (Å²) in [7, 11) is -0.439. The molecule has 5 nitrogen and oxygen atoms in total. The standard InChI is InChI=1S/C13H20N2O3S/c1-5-9-14-12-10-11(19(16,17)15(3)4)7-8-13(12)18-6-2/h5,7-8,10,14H,1,6,9H2,2-4H3. The van der Waals surface area contributed by atoms with Crippen molar-refractivity contribution in [2.75, 3.05) is 32.6 Å². The molecular formula is C13H20N2O3S. The first kappa shape index (κ1) is 15.5. The first-order chi connectivity index (χ1) is 8.93. The Morgan fingerprint density at radius 1 is 1.42 bits per heavy atom. The Labute approximate surface area is 114 Å². The summed E-state index contributed by atoms with van der Waals surface area (Å²) in [5.41, 5.74) is 0.643. The Morgan fingerprint density at radius 3 is 2.63 bits per heavy atom. The molecule has 0 spiro atoms. The molecule has 1 aromatic rings. The zero-order valence-electron chi connectivity index (χ0n) is 11.5. The molecule has 0 unspecified atom stereocenters. The predicted molar refractivity (Wildman–Crippen MR) is 77.2 cm³/mol. The van der Waals surface area contributed by atoms with Crippen molar-refractivity contribution in [3.63, 3.8) is 0 Å². The molecule has 0 aliphatic heterocycles. The topological polar surface area (TPSA) is 58.6 Å². The molecule has 0 aliphatic carbocycles. The van der Waals surface area contributed by atoms with Gasteiger partial charge in [0.25, 0.3) is 0 Å². The van der Waals surface area contributed by atoms with Gasteiger partial charge in [-0.1, -0.05) is 6.08 Å². The molecule has 0 saturated carbocycles. The minimum absolute atomic E-state index is 0.229. The van der Waals surface area contributed by atoms with E-state index in [2.05, 4.69) is 11.9 Å². The molecule has 0 atom stereocenters. The first-order valence-electron chi connectivity index (χ1n) is 5.97. The van der Waals surface area contributed by atoms with Gasteiger partial charge in [0.1, 0.15) is 5.75 Å². The van der Waals surface area contributed by atoms with Gasteiger partial charge in [0.05, 0.1) is 17.2 Å². The molecular weight excluding hydrogens is 264 g/mol. The van der Waals surface area contributed by atoms with Crippen LogP contribution in [0.4, 0.5) is 5.69 Å². The Hall–Kier alpha value is -1.53. The summed E-state index contributed by atoms with van der Waals surface area (Å²) >= 11 is 0. The molecule has 0 aliphatic rings. The quantitative estimate of drug-likeness (QED) is 0.777. The van der Waals surface area contributed by atoms with Gasteiger partial charge in [-0.3, -0.25) is 0 Å². The second-order valence-electron chi connectivity index (χ2n) is 4.05. The number of benzene rings is 1. The Balaban J connectivity index is 3.21. The highest BCUT2D eigenvalue weighted by molar-refractivity contribution is 7.89. The van der Waals surface area contributed by atoms with E-state index in [0.717, 1.165) is 0 Å². The fourth-order valence-corrected chi connectivity index (χ4v) is 2.41. The van der Waals surface area contributed by atoms with E-state index < -0.39 is 10.0 Å². The van der Waals surface area contributed by atoms with Gasteiger partial charge in [0, 0.05) is 20.6 Å². The third-order valence-corrected chi connectivity index (χ3v) is 4.28. The van der Waals surface area contributed by atoms with E-state index in [0.29, 0.717) is 24.6 Å². The number of rotatable bonds is 7. The van der Waals surface area contributed by atoms with Gasteiger partial charge in [-0.15, -0.1) is 6.58 Å². The number of nitrogens with one attached hydrogen (secondary N) is 1. The lowest BCUT2D eigenvalue weighted by Crippen LogP contribution is -2.22. The average Bonchev–Trinajstić information content (AvgIpc) is 2.37. The molecule has 1 rings (SSSR count). The van der Waals surface area contributed by atoms with Crippen molar-refractivity contribution >= 4 is 15.7 Å². The van der Waals surface area contributed by atoms with Crippen molar-refractivity contribution in [3.05, 3.63) is 30.9 Å². The van der Waals surface area contributed by atoms with Crippen molar-refractivity contribution in [1.29, 1.82) is 0 Å². The van der Waals surface area contributed by atoms with Crippen LogP contribution in [0.1, 0.15) is 6.92 Å². The summed E-state index contributed by atoms with van der Waals surface area (Å²) < 4.78 is 30.8. The SMILES string of the molecule is C=CCNc1cc(S(=O)(=O)N(C)C)ccc1OCC. The smallest absolute Gasteiger partial charge is 0.242 e. The summed E-state index contributed by atoms with van der Waals surface area (Å²) in [5, 5.41) is 3.07. The summed E-state index contributed by atoms with van der Waals surface area (Å²) in [6, 6.07) is 4.77. The molecule has 19 heavy (non-hydrogen) atoms. The number of ether oxygens (including phenoxy) is 1. The van der Waals surface area contributed by atoms with Crippen LogP contribution in [-0.4, -0.2) is 40.0 Å². The van der Waals surface area contributed by atoms with Crippen LogP contribution in [0.3, 0.4) is 0 Å². The highest BCUT2D eigenvalue weighted by Crippen LogP contribution is 2.28. The van der Waals surface area contributed by atoms with E-state index in [1.807, 2.05) is 6.92 Å². The maximum atomic E-state index is 12.1. The van der Waals surface area contributed by atoms with Gasteiger partial charge in [-0.05, 0) is 25.1 Å². The lowest BCUT2D eigenvalue weighted by atomic mass is 10.3. The van der Waals surface area contributed by atoms with Gasteiger partial charge < -0.3 is 10.1 Å². The van der Waals surface area contributed by atoms with Crippen molar-refractivity contribution in [2.45, 2.75) is 11.8 Å². The van der Waals surface area contributed by atoms with Crippen molar-refractivity contribution in [2.24, 2.45) is 0 Å². The number of anilines is 1. The predicted octanol–water partition coefficient (Wildman–Crippen LogP) is 1.93. The van der Waals surface area contributed by atoms with E-state index in [9.17, 15) is 8.42 Å². The average molecular weight is 284 g/mol. The monoisotopic (exact) mass is 284 g/mol. The molecule has 106 valence electrons. The summed E-state index contributed by atoms with van der Waals surface area (Å²) in [6.07, 6.45) is 1.70. The van der Waals surface area contributed by atoms with Gasteiger partial charge in [0.2, 0.25) is 10.0 Å². The second-order valence-corrected chi connectivity index (χ2v) is 6.20. The summed E-state index contributed by atoms with van der Waals surface area (Å²) in [4.78, 5) is 0.229. The fraction of sp³-hybridized carbons (Fsp3) is 0.385. The number of hydrogen-bond donors (Lipinski definition) is 1. The maximum absolute atomic E-state index is 12.1. The zero-order valence-corrected chi connectivity index (χ0v) is 12.3. The Morgan fingerprint density at radius 2 is 2.11 bits per heavy atom. The van der Waals surface area contributed by atoms with Crippen LogP contribution in [0.25, 0.3) is 0 Å². The van der Waals surface area contributed by atoms with Gasteiger partial charge in [-0.2, -0.15) is 0 Å². The van der Waals surface area contributed by atoms with Crippen molar-refractivity contribution < 1.29 is 13.2 Å².